The van der Waals surface area contributed by atoms with Crippen LogP contribution in [-0.4, -0.2) is 29.9 Å². The Labute approximate surface area is 74.3 Å². The summed E-state index contributed by atoms with van der Waals surface area (Å²) in [5.74, 6) is -0.456. The van der Waals surface area contributed by atoms with Crippen LogP contribution in [0.5, 0.6) is 0 Å². The fourth-order valence-electron chi connectivity index (χ4n) is 0.763. The highest BCUT2D eigenvalue weighted by atomic mass is 16.5. The molecule has 0 radical (unpaired) electrons. The van der Waals surface area contributed by atoms with E-state index in [0.29, 0.717) is 0 Å². The number of methoxy groups -OCH3 is 1. The molecule has 1 atom stereocenters. The Bertz CT molecular complexity index is 296. The minimum Gasteiger partial charge on any atom is -0.464 e. The Morgan fingerprint density at radius 1 is 1.92 bits per heavy atom. The third-order valence-electron chi connectivity index (χ3n) is 1.47. The van der Waals surface area contributed by atoms with Crippen molar-refractivity contribution in [3.05, 3.63) is 17.5 Å². The van der Waals surface area contributed by atoms with E-state index in [4.69, 9.17) is 5.73 Å². The van der Waals surface area contributed by atoms with Crippen molar-refractivity contribution in [2.45, 2.75) is 6.10 Å². The normalized spacial score (nSPS) is 12.5. The summed E-state index contributed by atoms with van der Waals surface area (Å²) >= 11 is 0. The van der Waals surface area contributed by atoms with Crippen LogP contribution in [0, 0.1) is 0 Å². The molecule has 0 fully saturated rings. The smallest absolute Gasteiger partial charge is 0.360 e. The summed E-state index contributed by atoms with van der Waals surface area (Å²) in [6.07, 6.45) is -0.939. The third kappa shape index (κ3) is 2.04. The topological polar surface area (TPSA) is 98.6 Å². The molecule has 0 saturated heterocycles. The van der Waals surface area contributed by atoms with E-state index in [-0.39, 0.29) is 18.0 Å². The fraction of sp³-hybridized carbons (Fsp3) is 0.429. The van der Waals surface area contributed by atoms with Crippen molar-refractivity contribution in [1.82, 2.24) is 5.16 Å². The van der Waals surface area contributed by atoms with Crippen LogP contribution in [-0.2, 0) is 4.74 Å². The summed E-state index contributed by atoms with van der Waals surface area (Å²) in [7, 11) is 1.23. The maximum Gasteiger partial charge on any atom is 0.360 e. The van der Waals surface area contributed by atoms with Gasteiger partial charge < -0.3 is 20.1 Å². The number of ether oxygens (including phenoxy) is 1. The molecule has 13 heavy (non-hydrogen) atoms. The standard InChI is InChI=1S/C7H10N2O4/c1-12-7(11)4-2-6(13-9-4)5(10)3-8/h2,5,10H,3,8H2,1H3. The van der Waals surface area contributed by atoms with Crippen LogP contribution in [0.25, 0.3) is 0 Å². The van der Waals surface area contributed by atoms with Crippen LogP contribution in [0.1, 0.15) is 22.4 Å². The molecule has 0 amide bonds. The zero-order valence-electron chi connectivity index (χ0n) is 7.06. The van der Waals surface area contributed by atoms with Crippen molar-refractivity contribution in [3.8, 4) is 0 Å². The number of carbonyl (C=O) groups is 1. The average Bonchev–Trinajstić information content (AvgIpc) is 2.64. The predicted molar refractivity (Wildman–Crippen MR) is 41.9 cm³/mol. The maximum absolute atomic E-state index is 10.9. The molecule has 0 aliphatic carbocycles. The fourth-order valence-corrected chi connectivity index (χ4v) is 0.763. The van der Waals surface area contributed by atoms with E-state index in [1.807, 2.05) is 0 Å². The molecule has 1 rings (SSSR count). The molecular formula is C7H10N2O4. The van der Waals surface area contributed by atoms with Gasteiger partial charge in [-0.25, -0.2) is 4.79 Å². The van der Waals surface area contributed by atoms with E-state index in [9.17, 15) is 9.90 Å². The monoisotopic (exact) mass is 186 g/mol. The van der Waals surface area contributed by atoms with Crippen LogP contribution in [0.4, 0.5) is 0 Å². The van der Waals surface area contributed by atoms with Gasteiger partial charge in [0.1, 0.15) is 6.10 Å². The first-order valence-corrected chi connectivity index (χ1v) is 3.62. The molecule has 72 valence electrons. The highest BCUT2D eigenvalue weighted by molar-refractivity contribution is 5.86. The molecule has 0 saturated carbocycles. The minimum absolute atomic E-state index is 0.00973. The number of hydrogen-bond donors (Lipinski definition) is 2. The zero-order valence-corrected chi connectivity index (χ0v) is 7.06. The molecule has 6 nitrogen and oxygen atoms in total. The minimum atomic E-state index is -0.939. The summed E-state index contributed by atoms with van der Waals surface area (Å²) in [5.41, 5.74) is 5.19. The van der Waals surface area contributed by atoms with Crippen molar-refractivity contribution in [3.63, 3.8) is 0 Å². The number of carbonyl (C=O) groups excluding carboxylic acids is 1. The SMILES string of the molecule is COC(=O)c1cc(C(O)CN)on1. The second kappa shape index (κ2) is 4.01. The van der Waals surface area contributed by atoms with E-state index in [0.717, 1.165) is 0 Å². The largest absolute Gasteiger partial charge is 0.464 e. The molecule has 0 aliphatic rings. The first-order chi connectivity index (χ1) is 6.19. The third-order valence-corrected chi connectivity index (χ3v) is 1.47. The quantitative estimate of drug-likeness (QED) is 0.615. The Balaban J connectivity index is 2.80. The molecule has 0 aliphatic heterocycles. The van der Waals surface area contributed by atoms with Crippen LogP contribution in [0.3, 0.4) is 0 Å². The van der Waals surface area contributed by atoms with E-state index in [2.05, 4.69) is 14.4 Å². The second-order valence-electron chi connectivity index (χ2n) is 2.36. The van der Waals surface area contributed by atoms with E-state index in [1.54, 1.807) is 0 Å². The summed E-state index contributed by atoms with van der Waals surface area (Å²) in [4.78, 5) is 10.9. The first kappa shape index (κ1) is 9.69. The molecule has 1 aromatic heterocycles. The van der Waals surface area contributed by atoms with Gasteiger partial charge in [-0.05, 0) is 0 Å². The summed E-state index contributed by atoms with van der Waals surface area (Å²) in [6, 6.07) is 1.30. The van der Waals surface area contributed by atoms with Crippen LogP contribution >= 0.6 is 0 Å². The van der Waals surface area contributed by atoms with Gasteiger partial charge in [0.15, 0.2) is 11.5 Å². The van der Waals surface area contributed by atoms with Gasteiger partial charge in [-0.2, -0.15) is 0 Å². The highest BCUT2D eigenvalue weighted by Crippen LogP contribution is 2.12. The number of esters is 1. The molecule has 6 heteroatoms. The van der Waals surface area contributed by atoms with Gasteiger partial charge in [0.2, 0.25) is 0 Å². The highest BCUT2D eigenvalue weighted by Gasteiger charge is 2.16. The molecule has 0 spiro atoms. The van der Waals surface area contributed by atoms with Gasteiger partial charge in [-0.15, -0.1) is 0 Å². The van der Waals surface area contributed by atoms with Crippen LogP contribution in [0.2, 0.25) is 0 Å². The van der Waals surface area contributed by atoms with E-state index >= 15 is 0 Å². The number of aliphatic hydroxyl groups excluding tert-OH is 1. The molecule has 1 aromatic rings. The van der Waals surface area contributed by atoms with Crippen molar-refractivity contribution in [2.75, 3.05) is 13.7 Å². The van der Waals surface area contributed by atoms with Crippen LogP contribution in [0.15, 0.2) is 10.6 Å². The summed E-state index contributed by atoms with van der Waals surface area (Å²) < 4.78 is 9.05. The van der Waals surface area contributed by atoms with E-state index in [1.165, 1.54) is 13.2 Å². The van der Waals surface area contributed by atoms with Gasteiger partial charge >= 0.3 is 5.97 Å². The molecule has 3 N–H and O–H groups in total. The number of aliphatic hydroxyl groups is 1. The van der Waals surface area contributed by atoms with Gasteiger partial charge in [-0.3, -0.25) is 0 Å². The number of nitrogens with two attached hydrogens (primary N) is 1. The first-order valence-electron chi connectivity index (χ1n) is 3.62. The van der Waals surface area contributed by atoms with Gasteiger partial charge in [0.25, 0.3) is 0 Å². The molecule has 1 heterocycles. The van der Waals surface area contributed by atoms with Crippen molar-refractivity contribution >= 4 is 5.97 Å². The molecule has 0 aromatic carbocycles. The number of rotatable bonds is 3. The summed E-state index contributed by atoms with van der Waals surface area (Å²) in [6.45, 7) is 0.00973. The number of aromatic nitrogens is 1. The van der Waals surface area contributed by atoms with Crippen molar-refractivity contribution in [2.24, 2.45) is 5.73 Å². The lowest BCUT2D eigenvalue weighted by Gasteiger charge is -1.99. The lowest BCUT2D eigenvalue weighted by atomic mass is 10.2. The second-order valence-corrected chi connectivity index (χ2v) is 2.36. The van der Waals surface area contributed by atoms with Crippen molar-refractivity contribution in [1.29, 1.82) is 0 Å². The van der Waals surface area contributed by atoms with Gasteiger partial charge in [-0.1, -0.05) is 5.16 Å². The Morgan fingerprint density at radius 3 is 3.15 bits per heavy atom. The molecular weight excluding hydrogens is 176 g/mol. The van der Waals surface area contributed by atoms with E-state index < -0.39 is 12.1 Å². The Morgan fingerprint density at radius 2 is 2.62 bits per heavy atom. The maximum atomic E-state index is 10.9. The number of nitrogens with zero attached hydrogens (tertiary/aromatic N) is 1. The lowest BCUT2D eigenvalue weighted by Crippen LogP contribution is -2.10. The van der Waals surface area contributed by atoms with Crippen LogP contribution < -0.4 is 5.73 Å². The predicted octanol–water partition coefficient (Wildman–Crippen LogP) is -0.547. The molecule has 0 bridgehead atoms. The van der Waals surface area contributed by atoms with Gasteiger partial charge in [0.05, 0.1) is 7.11 Å². The average molecular weight is 186 g/mol. The Kier molecular flexibility index (Phi) is 2.99. The molecule has 1 unspecified atom stereocenters. The zero-order chi connectivity index (χ0) is 9.84. The number of hydrogen-bond acceptors (Lipinski definition) is 6. The van der Waals surface area contributed by atoms with Gasteiger partial charge in [0, 0.05) is 12.6 Å². The van der Waals surface area contributed by atoms with Crippen molar-refractivity contribution < 1.29 is 19.2 Å². The summed E-state index contributed by atoms with van der Waals surface area (Å²) in [5, 5.41) is 12.6. The Hall–Kier alpha value is -1.40. The lowest BCUT2D eigenvalue weighted by molar-refractivity contribution is 0.0588.